The highest BCUT2D eigenvalue weighted by molar-refractivity contribution is 5.82. The summed E-state index contributed by atoms with van der Waals surface area (Å²) in [5.41, 5.74) is 1.04. The van der Waals surface area contributed by atoms with E-state index in [9.17, 15) is 4.79 Å². The van der Waals surface area contributed by atoms with Crippen LogP contribution in [-0.4, -0.2) is 65.4 Å². The fourth-order valence-electron chi connectivity index (χ4n) is 2.57. The van der Waals surface area contributed by atoms with Gasteiger partial charge in [0, 0.05) is 46.1 Å². The molecule has 6 nitrogen and oxygen atoms in total. The van der Waals surface area contributed by atoms with Crippen molar-refractivity contribution < 1.29 is 9.53 Å². The van der Waals surface area contributed by atoms with Crippen molar-refractivity contribution in [3.05, 3.63) is 18.0 Å². The van der Waals surface area contributed by atoms with Crippen molar-refractivity contribution in [2.24, 2.45) is 7.05 Å². The summed E-state index contributed by atoms with van der Waals surface area (Å²) >= 11 is 0. The smallest absolute Gasteiger partial charge is 0.240 e. The second kappa shape index (κ2) is 5.71. The molecule has 0 saturated carbocycles. The van der Waals surface area contributed by atoms with Crippen molar-refractivity contribution in [3.8, 4) is 0 Å². The fraction of sp³-hybridized carbons (Fsp3) is 0.692. The van der Waals surface area contributed by atoms with Crippen LogP contribution in [-0.2, 0) is 23.1 Å². The maximum atomic E-state index is 12.4. The van der Waals surface area contributed by atoms with Gasteiger partial charge in [0.15, 0.2) is 0 Å². The number of hydrogen-bond donors (Lipinski definition) is 0. The van der Waals surface area contributed by atoms with Crippen LogP contribution < -0.4 is 0 Å². The number of amides is 1. The van der Waals surface area contributed by atoms with Gasteiger partial charge in [-0.1, -0.05) is 0 Å². The molecule has 1 saturated heterocycles. The van der Waals surface area contributed by atoms with E-state index in [0.717, 1.165) is 18.5 Å². The van der Waals surface area contributed by atoms with E-state index >= 15 is 0 Å². The number of methoxy groups -OCH3 is 1. The summed E-state index contributed by atoms with van der Waals surface area (Å²) in [6.07, 6.45) is 4.65. The van der Waals surface area contributed by atoms with Crippen LogP contribution in [0.4, 0.5) is 0 Å². The lowest BCUT2D eigenvalue weighted by molar-refractivity contribution is -0.134. The lowest BCUT2D eigenvalue weighted by atomic mass is 10.1. The Hall–Kier alpha value is -1.40. The third-order valence-electron chi connectivity index (χ3n) is 3.68. The lowest BCUT2D eigenvalue weighted by Gasteiger charge is -2.24. The third-order valence-corrected chi connectivity index (χ3v) is 3.68. The Bertz CT molecular complexity index is 446. The zero-order valence-corrected chi connectivity index (χ0v) is 12.0. The average molecular weight is 266 g/mol. The molecular weight excluding hydrogens is 244 g/mol. The summed E-state index contributed by atoms with van der Waals surface area (Å²) in [6.45, 7) is 1.41. The first-order valence-corrected chi connectivity index (χ1v) is 6.46. The largest absolute Gasteiger partial charge is 0.380 e. The van der Waals surface area contributed by atoms with Gasteiger partial charge < -0.3 is 9.64 Å². The van der Waals surface area contributed by atoms with Gasteiger partial charge >= 0.3 is 0 Å². The second-order valence-electron chi connectivity index (χ2n) is 5.27. The summed E-state index contributed by atoms with van der Waals surface area (Å²) in [5.74, 6) is 0.144. The van der Waals surface area contributed by atoms with Gasteiger partial charge in [0.1, 0.15) is 0 Å². The Morgan fingerprint density at radius 3 is 2.84 bits per heavy atom. The van der Waals surface area contributed by atoms with Crippen LogP contribution in [0.15, 0.2) is 12.4 Å². The van der Waals surface area contributed by atoms with Gasteiger partial charge in [0.25, 0.3) is 0 Å². The molecular formula is C13H22N4O2. The van der Waals surface area contributed by atoms with E-state index in [0.29, 0.717) is 6.54 Å². The minimum atomic E-state index is -0.0772. The minimum absolute atomic E-state index is 0.0772. The summed E-state index contributed by atoms with van der Waals surface area (Å²) in [7, 11) is 7.38. The zero-order chi connectivity index (χ0) is 14.0. The van der Waals surface area contributed by atoms with Gasteiger partial charge in [-0.05, 0) is 13.5 Å². The SMILES string of the molecule is CO[C@H]1C[C@@H](C(=O)N(C)Cc2cnn(C)c2)N(C)C1. The summed E-state index contributed by atoms with van der Waals surface area (Å²) < 4.78 is 7.08. The number of rotatable bonds is 4. The monoisotopic (exact) mass is 266 g/mol. The molecule has 6 heteroatoms. The lowest BCUT2D eigenvalue weighted by Crippen LogP contribution is -2.42. The molecule has 2 heterocycles. The normalized spacial score (nSPS) is 23.8. The van der Waals surface area contributed by atoms with Gasteiger partial charge in [-0.2, -0.15) is 5.10 Å². The van der Waals surface area contributed by atoms with Crippen molar-refractivity contribution in [2.75, 3.05) is 27.7 Å². The number of hydrogen-bond acceptors (Lipinski definition) is 4. The van der Waals surface area contributed by atoms with Crippen molar-refractivity contribution in [2.45, 2.75) is 25.1 Å². The van der Waals surface area contributed by atoms with E-state index in [1.807, 2.05) is 27.3 Å². The average Bonchev–Trinajstić information content (AvgIpc) is 2.94. The second-order valence-corrected chi connectivity index (χ2v) is 5.27. The van der Waals surface area contributed by atoms with Crippen molar-refractivity contribution >= 4 is 5.91 Å². The highest BCUT2D eigenvalue weighted by Gasteiger charge is 2.35. The molecule has 1 aliphatic rings. The Labute approximate surface area is 113 Å². The topological polar surface area (TPSA) is 50.6 Å². The molecule has 0 spiro atoms. The van der Waals surface area contributed by atoms with E-state index in [4.69, 9.17) is 4.74 Å². The van der Waals surface area contributed by atoms with Crippen LogP contribution in [0, 0.1) is 0 Å². The molecule has 2 rings (SSSR count). The molecule has 2 atom stereocenters. The number of aryl methyl sites for hydroxylation is 1. The van der Waals surface area contributed by atoms with Crippen LogP contribution in [0.25, 0.3) is 0 Å². The first kappa shape index (κ1) is 14.0. The Balaban J connectivity index is 1.95. The fourth-order valence-corrected chi connectivity index (χ4v) is 2.57. The number of carbonyl (C=O) groups excluding carboxylic acids is 1. The molecule has 1 fully saturated rings. The molecule has 0 unspecified atom stereocenters. The predicted molar refractivity (Wildman–Crippen MR) is 71.5 cm³/mol. The molecule has 0 aromatic carbocycles. The summed E-state index contributed by atoms with van der Waals surface area (Å²) in [5, 5.41) is 4.12. The number of likely N-dealkylation sites (N-methyl/N-ethyl adjacent to an activating group) is 2. The third kappa shape index (κ3) is 3.13. The number of aromatic nitrogens is 2. The van der Waals surface area contributed by atoms with Gasteiger partial charge in [-0.25, -0.2) is 0 Å². The van der Waals surface area contributed by atoms with E-state index in [2.05, 4.69) is 10.00 Å². The van der Waals surface area contributed by atoms with Gasteiger partial charge in [-0.3, -0.25) is 14.4 Å². The van der Waals surface area contributed by atoms with E-state index < -0.39 is 0 Å². The first-order valence-electron chi connectivity index (χ1n) is 6.46. The molecule has 1 aromatic rings. The molecule has 0 bridgehead atoms. The van der Waals surface area contributed by atoms with Crippen LogP contribution >= 0.6 is 0 Å². The predicted octanol–water partition coefficient (Wildman–Crippen LogP) is 0.0976. The maximum Gasteiger partial charge on any atom is 0.240 e. The highest BCUT2D eigenvalue weighted by atomic mass is 16.5. The molecule has 0 aliphatic carbocycles. The van der Waals surface area contributed by atoms with Crippen LogP contribution in [0.3, 0.4) is 0 Å². The Morgan fingerprint density at radius 2 is 2.32 bits per heavy atom. The van der Waals surface area contributed by atoms with Crippen molar-refractivity contribution in [1.29, 1.82) is 0 Å². The van der Waals surface area contributed by atoms with Crippen LogP contribution in [0.5, 0.6) is 0 Å². The van der Waals surface area contributed by atoms with Crippen LogP contribution in [0.2, 0.25) is 0 Å². The molecule has 1 aliphatic heterocycles. The Kier molecular flexibility index (Phi) is 4.21. The molecule has 0 N–H and O–H groups in total. The highest BCUT2D eigenvalue weighted by Crippen LogP contribution is 2.20. The van der Waals surface area contributed by atoms with E-state index in [1.54, 1.807) is 22.9 Å². The Morgan fingerprint density at radius 1 is 1.58 bits per heavy atom. The maximum absolute atomic E-state index is 12.4. The zero-order valence-electron chi connectivity index (χ0n) is 12.0. The molecule has 106 valence electrons. The minimum Gasteiger partial charge on any atom is -0.380 e. The molecule has 1 aromatic heterocycles. The number of carbonyl (C=O) groups is 1. The van der Waals surface area contributed by atoms with Crippen molar-refractivity contribution in [1.82, 2.24) is 19.6 Å². The molecule has 1 amide bonds. The quantitative estimate of drug-likeness (QED) is 0.775. The number of likely N-dealkylation sites (tertiary alicyclic amines) is 1. The van der Waals surface area contributed by atoms with Crippen molar-refractivity contribution in [3.63, 3.8) is 0 Å². The van der Waals surface area contributed by atoms with Gasteiger partial charge in [-0.15, -0.1) is 0 Å². The summed E-state index contributed by atoms with van der Waals surface area (Å²) in [6, 6.07) is -0.0772. The number of nitrogens with zero attached hydrogens (tertiary/aromatic N) is 4. The van der Waals surface area contributed by atoms with Crippen LogP contribution in [0.1, 0.15) is 12.0 Å². The standard InChI is InChI=1S/C13H22N4O2/c1-15-9-11(19-4)5-12(15)13(18)16(2)7-10-6-14-17(3)8-10/h6,8,11-12H,5,7,9H2,1-4H3/t11-,12-/m0/s1. The van der Waals surface area contributed by atoms with E-state index in [-0.39, 0.29) is 18.1 Å². The summed E-state index contributed by atoms with van der Waals surface area (Å²) in [4.78, 5) is 16.3. The number of ether oxygens (including phenoxy) is 1. The van der Waals surface area contributed by atoms with E-state index in [1.165, 1.54) is 0 Å². The molecule has 19 heavy (non-hydrogen) atoms. The first-order chi connectivity index (χ1) is 9.01. The molecule has 0 radical (unpaired) electrons. The van der Waals surface area contributed by atoms with Gasteiger partial charge in [0.05, 0.1) is 18.3 Å². The van der Waals surface area contributed by atoms with Gasteiger partial charge in [0.2, 0.25) is 5.91 Å².